The summed E-state index contributed by atoms with van der Waals surface area (Å²) < 4.78 is 0. The maximum atomic E-state index is 3.61. The Bertz CT molecular complexity index is 181. The molecule has 0 spiro atoms. The molecule has 0 saturated carbocycles. The van der Waals surface area contributed by atoms with Crippen LogP contribution in [0, 0.1) is 5.92 Å². The van der Waals surface area contributed by atoms with Crippen molar-refractivity contribution in [1.82, 2.24) is 10.2 Å². The second-order valence-electron chi connectivity index (χ2n) is 6.22. The van der Waals surface area contributed by atoms with Gasteiger partial charge in [-0.3, -0.25) is 4.90 Å². The maximum absolute atomic E-state index is 3.61. The number of piperidine rings is 1. The van der Waals surface area contributed by atoms with Gasteiger partial charge in [-0.2, -0.15) is 0 Å². The van der Waals surface area contributed by atoms with Gasteiger partial charge >= 0.3 is 0 Å². The van der Waals surface area contributed by atoms with Gasteiger partial charge in [0.1, 0.15) is 0 Å². The lowest BCUT2D eigenvalue weighted by Crippen LogP contribution is -2.52. The van der Waals surface area contributed by atoms with Crippen molar-refractivity contribution in [1.29, 1.82) is 0 Å². The summed E-state index contributed by atoms with van der Waals surface area (Å²) >= 11 is 0. The van der Waals surface area contributed by atoms with E-state index in [1.165, 1.54) is 38.8 Å². The molecule has 0 bridgehead atoms. The fourth-order valence-electron chi connectivity index (χ4n) is 2.40. The fraction of sp³-hybridized carbons (Fsp3) is 1.00. The Hall–Kier alpha value is -0.0800. The van der Waals surface area contributed by atoms with E-state index in [-0.39, 0.29) is 0 Å². The van der Waals surface area contributed by atoms with Crippen LogP contribution in [0.3, 0.4) is 0 Å². The minimum absolute atomic E-state index is 0.331. The molecule has 0 aromatic rings. The average molecular weight is 226 g/mol. The molecule has 0 aliphatic carbocycles. The van der Waals surface area contributed by atoms with Gasteiger partial charge in [0.25, 0.3) is 0 Å². The van der Waals surface area contributed by atoms with Crippen molar-refractivity contribution in [2.75, 3.05) is 26.2 Å². The van der Waals surface area contributed by atoms with Gasteiger partial charge in [0.05, 0.1) is 0 Å². The van der Waals surface area contributed by atoms with E-state index in [0.29, 0.717) is 5.54 Å². The molecule has 1 aliphatic heterocycles. The molecule has 0 aromatic heterocycles. The van der Waals surface area contributed by atoms with Crippen LogP contribution >= 0.6 is 0 Å². The van der Waals surface area contributed by atoms with Crippen molar-refractivity contribution in [3.05, 3.63) is 0 Å². The van der Waals surface area contributed by atoms with E-state index in [4.69, 9.17) is 0 Å². The standard InChI is InChI=1S/C14H30N2/c1-13(2)8-9-15-12-14(3,4)16-10-6-5-7-11-16/h13,15H,5-12H2,1-4H3. The number of hydrogen-bond donors (Lipinski definition) is 1. The molecule has 0 unspecified atom stereocenters. The van der Waals surface area contributed by atoms with Gasteiger partial charge < -0.3 is 5.32 Å². The van der Waals surface area contributed by atoms with Crippen LogP contribution in [-0.2, 0) is 0 Å². The molecular formula is C14H30N2. The first-order chi connectivity index (χ1) is 7.52. The van der Waals surface area contributed by atoms with E-state index >= 15 is 0 Å². The molecule has 2 nitrogen and oxygen atoms in total. The smallest absolute Gasteiger partial charge is 0.0277 e. The third-order valence-corrected chi connectivity index (χ3v) is 3.67. The summed E-state index contributed by atoms with van der Waals surface area (Å²) in [5.74, 6) is 0.811. The highest BCUT2D eigenvalue weighted by atomic mass is 15.2. The Balaban J connectivity index is 2.21. The number of nitrogens with one attached hydrogen (secondary N) is 1. The van der Waals surface area contributed by atoms with E-state index in [1.54, 1.807) is 0 Å². The zero-order valence-corrected chi connectivity index (χ0v) is 11.7. The lowest BCUT2D eigenvalue weighted by Gasteiger charge is -2.41. The quantitative estimate of drug-likeness (QED) is 0.701. The first-order valence-corrected chi connectivity index (χ1v) is 6.98. The topological polar surface area (TPSA) is 15.3 Å². The first-order valence-electron chi connectivity index (χ1n) is 6.98. The molecule has 0 amide bonds. The minimum Gasteiger partial charge on any atom is -0.315 e. The third-order valence-electron chi connectivity index (χ3n) is 3.67. The lowest BCUT2D eigenvalue weighted by molar-refractivity contribution is 0.0943. The summed E-state index contributed by atoms with van der Waals surface area (Å²) in [6, 6.07) is 0. The molecule has 1 heterocycles. The summed E-state index contributed by atoms with van der Waals surface area (Å²) in [4.78, 5) is 2.65. The molecule has 1 N–H and O–H groups in total. The van der Waals surface area contributed by atoms with E-state index in [1.807, 2.05) is 0 Å². The molecule has 96 valence electrons. The van der Waals surface area contributed by atoms with Gasteiger partial charge in [0.15, 0.2) is 0 Å². The van der Waals surface area contributed by atoms with Crippen LogP contribution in [0.5, 0.6) is 0 Å². The fourth-order valence-corrected chi connectivity index (χ4v) is 2.40. The van der Waals surface area contributed by atoms with Crippen LogP contribution in [-0.4, -0.2) is 36.6 Å². The first kappa shape index (κ1) is 14.0. The largest absolute Gasteiger partial charge is 0.315 e. The van der Waals surface area contributed by atoms with E-state index in [0.717, 1.165) is 19.0 Å². The molecular weight excluding hydrogens is 196 g/mol. The van der Waals surface area contributed by atoms with Crippen LogP contribution in [0.1, 0.15) is 53.4 Å². The molecule has 1 saturated heterocycles. The van der Waals surface area contributed by atoms with Crippen molar-refractivity contribution in [3.8, 4) is 0 Å². The van der Waals surface area contributed by atoms with E-state index in [9.17, 15) is 0 Å². The Labute approximate surface area is 102 Å². The summed E-state index contributed by atoms with van der Waals surface area (Å²) in [5.41, 5.74) is 0.331. The Morgan fingerprint density at radius 1 is 1.12 bits per heavy atom. The number of nitrogens with zero attached hydrogens (tertiary/aromatic N) is 1. The van der Waals surface area contributed by atoms with Gasteiger partial charge in [0, 0.05) is 12.1 Å². The minimum atomic E-state index is 0.331. The summed E-state index contributed by atoms with van der Waals surface area (Å²) in [5, 5.41) is 3.61. The highest BCUT2D eigenvalue weighted by Crippen LogP contribution is 2.19. The van der Waals surface area contributed by atoms with Crippen molar-refractivity contribution >= 4 is 0 Å². The molecule has 2 heteroatoms. The van der Waals surface area contributed by atoms with Crippen molar-refractivity contribution < 1.29 is 0 Å². The predicted molar refractivity (Wildman–Crippen MR) is 71.8 cm³/mol. The Kier molecular flexibility index (Phi) is 5.77. The zero-order chi connectivity index (χ0) is 12.0. The molecule has 0 aromatic carbocycles. The normalized spacial score (nSPS) is 19.3. The third kappa shape index (κ3) is 4.84. The number of hydrogen-bond acceptors (Lipinski definition) is 2. The SMILES string of the molecule is CC(C)CCNCC(C)(C)N1CCCCC1. The second kappa shape index (κ2) is 6.61. The van der Waals surface area contributed by atoms with Gasteiger partial charge in [-0.15, -0.1) is 0 Å². The molecule has 1 aliphatic rings. The van der Waals surface area contributed by atoms with Crippen LogP contribution in [0.15, 0.2) is 0 Å². The van der Waals surface area contributed by atoms with Crippen LogP contribution in [0.2, 0.25) is 0 Å². The number of rotatable bonds is 6. The zero-order valence-electron chi connectivity index (χ0n) is 11.7. The average Bonchev–Trinajstić information content (AvgIpc) is 2.26. The van der Waals surface area contributed by atoms with Crippen LogP contribution in [0.25, 0.3) is 0 Å². The number of likely N-dealkylation sites (tertiary alicyclic amines) is 1. The summed E-state index contributed by atoms with van der Waals surface area (Å²) in [6.45, 7) is 14.2. The van der Waals surface area contributed by atoms with Crippen molar-refractivity contribution in [2.24, 2.45) is 5.92 Å². The molecule has 16 heavy (non-hydrogen) atoms. The Morgan fingerprint density at radius 3 is 2.31 bits per heavy atom. The molecule has 1 fully saturated rings. The van der Waals surface area contributed by atoms with E-state index < -0.39 is 0 Å². The van der Waals surface area contributed by atoms with Crippen LogP contribution in [0.4, 0.5) is 0 Å². The van der Waals surface area contributed by atoms with Gasteiger partial charge in [0.2, 0.25) is 0 Å². The Morgan fingerprint density at radius 2 is 1.75 bits per heavy atom. The van der Waals surface area contributed by atoms with Crippen LogP contribution < -0.4 is 5.32 Å². The highest BCUT2D eigenvalue weighted by Gasteiger charge is 2.27. The van der Waals surface area contributed by atoms with Gasteiger partial charge in [-0.25, -0.2) is 0 Å². The summed E-state index contributed by atoms with van der Waals surface area (Å²) in [7, 11) is 0. The van der Waals surface area contributed by atoms with Gasteiger partial charge in [-0.05, 0) is 58.7 Å². The van der Waals surface area contributed by atoms with Crippen molar-refractivity contribution in [3.63, 3.8) is 0 Å². The van der Waals surface area contributed by atoms with Crippen molar-refractivity contribution in [2.45, 2.75) is 58.9 Å². The van der Waals surface area contributed by atoms with Gasteiger partial charge in [-0.1, -0.05) is 20.3 Å². The second-order valence-corrected chi connectivity index (χ2v) is 6.22. The molecule has 0 atom stereocenters. The maximum Gasteiger partial charge on any atom is 0.0277 e. The molecule has 0 radical (unpaired) electrons. The lowest BCUT2D eigenvalue weighted by atomic mass is 9.98. The molecule has 1 rings (SSSR count). The monoisotopic (exact) mass is 226 g/mol. The van der Waals surface area contributed by atoms with E-state index in [2.05, 4.69) is 37.9 Å². The summed E-state index contributed by atoms with van der Waals surface area (Å²) in [6.07, 6.45) is 5.48. The highest BCUT2D eigenvalue weighted by molar-refractivity contribution is 4.85. The predicted octanol–water partition coefficient (Wildman–Crippen LogP) is 2.89.